The van der Waals surface area contributed by atoms with Crippen LogP contribution in [-0.2, 0) is 28.7 Å². The van der Waals surface area contributed by atoms with Gasteiger partial charge in [0.2, 0.25) is 23.6 Å². The minimum Gasteiger partial charge on any atom is -0.444 e. The number of hydrogen-bond donors (Lipinski definition) is 4. The van der Waals surface area contributed by atoms with Crippen LogP contribution in [0, 0.1) is 5.92 Å². The molecule has 1 aliphatic heterocycles. The number of alkyl carbamates (subject to hydrolysis) is 1. The lowest BCUT2D eigenvalue weighted by Gasteiger charge is -2.37. The summed E-state index contributed by atoms with van der Waals surface area (Å²) in [6.45, 7) is 15.0. The van der Waals surface area contributed by atoms with E-state index in [9.17, 15) is 28.8 Å². The van der Waals surface area contributed by atoms with Crippen LogP contribution < -0.4 is 21.3 Å². The molecule has 4 N–H and O–H groups in total. The molecule has 12 nitrogen and oxygen atoms in total. The molecule has 1 saturated heterocycles. The van der Waals surface area contributed by atoms with Gasteiger partial charge in [0.1, 0.15) is 29.3 Å². The van der Waals surface area contributed by atoms with Crippen molar-refractivity contribution < 1.29 is 33.5 Å². The Bertz CT molecular complexity index is 951. The standard InChI is InChI=1S/C26H44ClN5O7/c1-14(2)19(18(33)13-27)31-23(37)26(9)11-10-12-32(26)22(36)17(5)29-20(34)15(3)28-21(35)16(4)30-24(38)39-25(6,7)8/h14-17,19H,10-13H2,1-9H3,(H,28,35)(H,29,34)(H,30,38)(H,31,37)/t15-,16+,17+,19?,26+/m1/s1. The Labute approximate surface area is 235 Å². The maximum Gasteiger partial charge on any atom is 0.408 e. The number of ether oxygens (including phenoxy) is 1. The monoisotopic (exact) mass is 573 g/mol. The van der Waals surface area contributed by atoms with E-state index in [1.807, 2.05) is 0 Å². The quantitative estimate of drug-likeness (QED) is 0.270. The van der Waals surface area contributed by atoms with E-state index >= 15 is 0 Å². The van der Waals surface area contributed by atoms with E-state index in [0.717, 1.165) is 0 Å². The number of likely N-dealkylation sites (tertiary alicyclic amines) is 1. The normalized spacial score (nSPS) is 20.3. The number of rotatable bonds is 11. The first-order chi connectivity index (χ1) is 17.8. The summed E-state index contributed by atoms with van der Waals surface area (Å²) >= 11 is 5.70. The second kappa shape index (κ2) is 14.0. The summed E-state index contributed by atoms with van der Waals surface area (Å²) in [5.74, 6) is -2.91. The molecule has 0 aromatic rings. The van der Waals surface area contributed by atoms with Gasteiger partial charge in [0, 0.05) is 6.54 Å². The minimum absolute atomic E-state index is 0.189. The van der Waals surface area contributed by atoms with Gasteiger partial charge in [0.25, 0.3) is 0 Å². The number of nitrogens with zero attached hydrogens (tertiary/aromatic N) is 1. The van der Waals surface area contributed by atoms with Gasteiger partial charge in [0.15, 0.2) is 5.78 Å². The van der Waals surface area contributed by atoms with Gasteiger partial charge in [-0.25, -0.2) is 4.79 Å². The maximum atomic E-state index is 13.3. The molecule has 1 aliphatic rings. The van der Waals surface area contributed by atoms with Crippen LogP contribution in [0.2, 0.25) is 0 Å². The number of nitrogens with one attached hydrogen (secondary N) is 4. The van der Waals surface area contributed by atoms with Crippen LogP contribution in [0.1, 0.15) is 75.2 Å². The summed E-state index contributed by atoms with van der Waals surface area (Å²) in [5, 5.41) is 10.2. The second-order valence-corrected chi connectivity index (χ2v) is 11.8. The topological polar surface area (TPSA) is 163 Å². The zero-order valence-corrected chi connectivity index (χ0v) is 25.2. The third-order valence-electron chi connectivity index (χ3n) is 6.44. The van der Waals surface area contributed by atoms with Gasteiger partial charge in [-0.15, -0.1) is 11.6 Å². The van der Waals surface area contributed by atoms with Crippen molar-refractivity contribution >= 4 is 47.1 Å². The highest BCUT2D eigenvalue weighted by atomic mass is 35.5. The van der Waals surface area contributed by atoms with Crippen LogP contribution in [0.3, 0.4) is 0 Å². The number of carbonyl (C=O) groups is 6. The average molecular weight is 574 g/mol. The summed E-state index contributed by atoms with van der Waals surface area (Å²) < 4.78 is 5.12. The third-order valence-corrected chi connectivity index (χ3v) is 6.70. The van der Waals surface area contributed by atoms with Crippen molar-refractivity contribution in [3.63, 3.8) is 0 Å². The molecule has 222 valence electrons. The van der Waals surface area contributed by atoms with E-state index in [1.165, 1.54) is 25.7 Å². The van der Waals surface area contributed by atoms with Gasteiger partial charge in [-0.05, 0) is 67.2 Å². The van der Waals surface area contributed by atoms with E-state index in [1.54, 1.807) is 41.5 Å². The average Bonchev–Trinajstić information content (AvgIpc) is 3.22. The van der Waals surface area contributed by atoms with Gasteiger partial charge >= 0.3 is 6.09 Å². The number of ketones is 1. The van der Waals surface area contributed by atoms with Crippen LogP contribution in [-0.4, -0.2) is 88.1 Å². The van der Waals surface area contributed by atoms with Crippen molar-refractivity contribution in [3.8, 4) is 0 Å². The molecule has 5 amide bonds. The fraction of sp³-hybridized carbons (Fsp3) is 0.769. The highest BCUT2D eigenvalue weighted by Gasteiger charge is 2.47. The van der Waals surface area contributed by atoms with Gasteiger partial charge in [0.05, 0.1) is 11.9 Å². The Morgan fingerprint density at radius 3 is 1.87 bits per heavy atom. The third kappa shape index (κ3) is 9.66. The molecular weight excluding hydrogens is 530 g/mol. The molecule has 0 spiro atoms. The zero-order chi connectivity index (χ0) is 30.3. The number of halogens is 1. The fourth-order valence-electron chi connectivity index (χ4n) is 4.14. The van der Waals surface area contributed by atoms with Crippen LogP contribution in [0.25, 0.3) is 0 Å². The summed E-state index contributed by atoms with van der Waals surface area (Å²) in [4.78, 5) is 77.2. The molecule has 1 heterocycles. The highest BCUT2D eigenvalue weighted by Crippen LogP contribution is 2.30. The summed E-state index contributed by atoms with van der Waals surface area (Å²) in [7, 11) is 0. The van der Waals surface area contributed by atoms with Crippen LogP contribution in [0.5, 0.6) is 0 Å². The van der Waals surface area contributed by atoms with Gasteiger partial charge < -0.3 is 30.9 Å². The molecular formula is C26H44ClN5O7. The molecule has 5 atom stereocenters. The van der Waals surface area contributed by atoms with Crippen LogP contribution in [0.15, 0.2) is 0 Å². The smallest absolute Gasteiger partial charge is 0.408 e. The summed E-state index contributed by atoms with van der Waals surface area (Å²) in [5.41, 5.74) is -1.95. The second-order valence-electron chi connectivity index (χ2n) is 11.5. The first-order valence-corrected chi connectivity index (χ1v) is 13.7. The van der Waals surface area contributed by atoms with Gasteiger partial charge in [-0.1, -0.05) is 13.8 Å². The fourth-order valence-corrected chi connectivity index (χ4v) is 4.31. The van der Waals surface area contributed by atoms with Crippen molar-refractivity contribution in [1.29, 1.82) is 0 Å². The van der Waals surface area contributed by atoms with E-state index in [0.29, 0.717) is 19.4 Å². The van der Waals surface area contributed by atoms with Crippen molar-refractivity contribution in [2.45, 2.75) is 110 Å². The predicted molar refractivity (Wildman–Crippen MR) is 146 cm³/mol. The Morgan fingerprint density at radius 2 is 1.38 bits per heavy atom. The van der Waals surface area contributed by atoms with Crippen molar-refractivity contribution in [2.24, 2.45) is 5.92 Å². The number of amides is 5. The molecule has 1 fully saturated rings. The predicted octanol–water partition coefficient (Wildman–Crippen LogP) is 1.24. The van der Waals surface area contributed by atoms with Gasteiger partial charge in [-0.3, -0.25) is 24.0 Å². The van der Waals surface area contributed by atoms with Crippen molar-refractivity contribution in [1.82, 2.24) is 26.2 Å². The molecule has 13 heteroatoms. The molecule has 0 radical (unpaired) electrons. The number of alkyl halides is 1. The molecule has 0 aliphatic carbocycles. The number of Topliss-reactive ketones (excluding diaryl/α,β-unsaturated/α-hetero) is 1. The Hall–Kier alpha value is -2.89. The van der Waals surface area contributed by atoms with Crippen molar-refractivity contribution in [2.75, 3.05) is 12.4 Å². The van der Waals surface area contributed by atoms with Crippen LogP contribution >= 0.6 is 11.6 Å². The Morgan fingerprint density at radius 1 is 0.872 bits per heavy atom. The lowest BCUT2D eigenvalue weighted by molar-refractivity contribution is -0.147. The largest absolute Gasteiger partial charge is 0.444 e. The molecule has 0 aromatic heterocycles. The van der Waals surface area contributed by atoms with E-state index in [2.05, 4.69) is 21.3 Å². The lowest BCUT2D eigenvalue weighted by atomic mass is 9.94. The number of carbonyl (C=O) groups excluding carboxylic acids is 6. The van der Waals surface area contributed by atoms with E-state index in [4.69, 9.17) is 16.3 Å². The molecule has 1 unspecified atom stereocenters. The Balaban J connectivity index is 2.79. The first-order valence-electron chi connectivity index (χ1n) is 13.2. The van der Waals surface area contributed by atoms with Gasteiger partial charge in [-0.2, -0.15) is 0 Å². The molecule has 0 bridgehead atoms. The van der Waals surface area contributed by atoms with Crippen LogP contribution in [0.4, 0.5) is 4.79 Å². The first kappa shape index (κ1) is 34.1. The van der Waals surface area contributed by atoms with E-state index < -0.39 is 65.0 Å². The molecule has 0 aromatic carbocycles. The minimum atomic E-state index is -1.21. The molecule has 0 saturated carbocycles. The highest BCUT2D eigenvalue weighted by molar-refractivity contribution is 6.28. The SMILES string of the molecule is CC(C)C(NC(=O)[C@]1(C)CCCN1C(=O)[C@H](C)NC(=O)[C@@H](C)NC(=O)[C@H](C)NC(=O)OC(C)(C)C)C(=O)CCl. The molecule has 1 rings (SSSR count). The maximum absolute atomic E-state index is 13.3. The number of hydrogen-bond acceptors (Lipinski definition) is 7. The summed E-state index contributed by atoms with van der Waals surface area (Å²) in [6, 6.07) is -3.77. The zero-order valence-electron chi connectivity index (χ0n) is 24.4. The lowest BCUT2D eigenvalue weighted by Crippen LogP contribution is -2.62. The van der Waals surface area contributed by atoms with E-state index in [-0.39, 0.29) is 17.6 Å². The Kier molecular flexibility index (Phi) is 12.2. The summed E-state index contributed by atoms with van der Waals surface area (Å²) in [6.07, 6.45) is 0.187. The van der Waals surface area contributed by atoms with Crippen molar-refractivity contribution in [3.05, 3.63) is 0 Å². The molecule has 39 heavy (non-hydrogen) atoms.